The van der Waals surface area contributed by atoms with Crippen molar-refractivity contribution in [1.29, 1.82) is 0 Å². The van der Waals surface area contributed by atoms with Crippen LogP contribution in [0.3, 0.4) is 0 Å². The first-order valence-corrected chi connectivity index (χ1v) is 5.17. The van der Waals surface area contributed by atoms with Gasteiger partial charge in [-0.05, 0) is 12.1 Å². The van der Waals surface area contributed by atoms with E-state index in [1.54, 1.807) is 6.20 Å². The molecule has 84 valence electrons. The average molecular weight is 226 g/mol. The number of hydrogen-bond donors (Lipinski definition) is 3. The van der Waals surface area contributed by atoms with E-state index in [0.717, 1.165) is 21.8 Å². The van der Waals surface area contributed by atoms with Gasteiger partial charge in [0.2, 0.25) is 0 Å². The van der Waals surface area contributed by atoms with Crippen molar-refractivity contribution < 1.29 is 4.79 Å². The minimum Gasteiger partial charge on any atom is -0.354 e. The van der Waals surface area contributed by atoms with Gasteiger partial charge in [0, 0.05) is 22.5 Å². The van der Waals surface area contributed by atoms with Gasteiger partial charge in [-0.25, -0.2) is 5.84 Å². The van der Waals surface area contributed by atoms with Gasteiger partial charge < -0.3 is 4.98 Å². The molecule has 0 saturated heterocycles. The Morgan fingerprint density at radius 1 is 1.24 bits per heavy atom. The number of amides is 1. The molecule has 17 heavy (non-hydrogen) atoms. The molecule has 0 saturated carbocycles. The summed E-state index contributed by atoms with van der Waals surface area (Å²) in [6.07, 6.45) is 1.59. The maximum absolute atomic E-state index is 11.7. The maximum Gasteiger partial charge on any atom is 0.284 e. The van der Waals surface area contributed by atoms with Gasteiger partial charge in [-0.2, -0.15) is 0 Å². The van der Waals surface area contributed by atoms with Crippen molar-refractivity contribution in [3.8, 4) is 0 Å². The number of carbonyl (C=O) groups is 1. The van der Waals surface area contributed by atoms with Crippen LogP contribution in [0.1, 0.15) is 10.5 Å². The van der Waals surface area contributed by atoms with Crippen molar-refractivity contribution in [2.45, 2.75) is 0 Å². The van der Waals surface area contributed by atoms with Gasteiger partial charge in [0.25, 0.3) is 5.91 Å². The van der Waals surface area contributed by atoms with E-state index < -0.39 is 0 Å². The van der Waals surface area contributed by atoms with Crippen LogP contribution in [0.15, 0.2) is 36.5 Å². The number of hydrazine groups is 1. The van der Waals surface area contributed by atoms with Gasteiger partial charge in [0.05, 0.1) is 5.52 Å². The van der Waals surface area contributed by atoms with E-state index in [-0.39, 0.29) is 5.91 Å². The zero-order valence-corrected chi connectivity index (χ0v) is 8.90. The lowest BCUT2D eigenvalue weighted by Crippen LogP contribution is -2.30. The molecule has 0 aliphatic carbocycles. The summed E-state index contributed by atoms with van der Waals surface area (Å²) in [5, 5.41) is 1.76. The van der Waals surface area contributed by atoms with Crippen LogP contribution in [0.2, 0.25) is 0 Å². The number of rotatable bonds is 1. The predicted octanol–water partition coefficient (Wildman–Crippen LogP) is 1.32. The Morgan fingerprint density at radius 3 is 2.88 bits per heavy atom. The van der Waals surface area contributed by atoms with Crippen LogP contribution in [-0.4, -0.2) is 15.9 Å². The molecular formula is C12H10N4O. The van der Waals surface area contributed by atoms with Gasteiger partial charge in [-0.3, -0.25) is 15.2 Å². The van der Waals surface area contributed by atoms with Crippen molar-refractivity contribution in [1.82, 2.24) is 15.4 Å². The number of aromatic amines is 1. The monoisotopic (exact) mass is 226 g/mol. The molecule has 0 spiro atoms. The van der Waals surface area contributed by atoms with Gasteiger partial charge >= 0.3 is 0 Å². The van der Waals surface area contributed by atoms with Crippen molar-refractivity contribution in [2.24, 2.45) is 5.84 Å². The highest BCUT2D eigenvalue weighted by Crippen LogP contribution is 2.26. The lowest BCUT2D eigenvalue weighted by Gasteiger charge is -2.00. The molecule has 0 fully saturated rings. The number of nitrogens with one attached hydrogen (secondary N) is 2. The summed E-state index contributed by atoms with van der Waals surface area (Å²) < 4.78 is 0. The van der Waals surface area contributed by atoms with Crippen LogP contribution in [0.4, 0.5) is 0 Å². The Bertz CT molecular complexity index is 717. The number of carbonyl (C=O) groups excluding carboxylic acids is 1. The number of benzene rings is 1. The fourth-order valence-electron chi connectivity index (χ4n) is 2.03. The number of H-pyrrole nitrogens is 1. The summed E-state index contributed by atoms with van der Waals surface area (Å²) in [5.74, 6) is 4.77. The van der Waals surface area contributed by atoms with Crippen molar-refractivity contribution in [3.05, 3.63) is 42.2 Å². The minimum absolute atomic E-state index is 0.336. The molecule has 5 nitrogen and oxygen atoms in total. The number of para-hydroxylation sites is 1. The zero-order chi connectivity index (χ0) is 11.8. The second-order valence-corrected chi connectivity index (χ2v) is 3.73. The summed E-state index contributed by atoms with van der Waals surface area (Å²) in [4.78, 5) is 19.0. The van der Waals surface area contributed by atoms with E-state index in [0.29, 0.717) is 5.69 Å². The molecular weight excluding hydrogens is 216 g/mol. The minimum atomic E-state index is -0.389. The molecule has 3 aromatic rings. The Labute approximate surface area is 96.6 Å². The van der Waals surface area contributed by atoms with Crippen LogP contribution < -0.4 is 11.3 Å². The lowest BCUT2D eigenvalue weighted by atomic mass is 10.1. The molecule has 0 bridgehead atoms. The average Bonchev–Trinajstić information content (AvgIpc) is 2.76. The van der Waals surface area contributed by atoms with E-state index in [4.69, 9.17) is 5.84 Å². The Kier molecular flexibility index (Phi) is 2.06. The van der Waals surface area contributed by atoms with Crippen LogP contribution in [0.5, 0.6) is 0 Å². The number of hydrogen-bond acceptors (Lipinski definition) is 3. The van der Waals surface area contributed by atoms with Crippen LogP contribution >= 0.6 is 0 Å². The first kappa shape index (κ1) is 9.80. The topological polar surface area (TPSA) is 83.8 Å². The number of nitrogen functional groups attached to an aromatic ring is 1. The zero-order valence-electron chi connectivity index (χ0n) is 8.90. The molecule has 0 unspecified atom stereocenters. The summed E-state index contributed by atoms with van der Waals surface area (Å²) in [6, 6.07) is 9.60. The molecule has 4 N–H and O–H groups in total. The van der Waals surface area contributed by atoms with Gasteiger partial charge in [0.1, 0.15) is 5.69 Å². The number of fused-ring (bicyclic) bond motifs is 3. The second-order valence-electron chi connectivity index (χ2n) is 3.73. The van der Waals surface area contributed by atoms with Crippen LogP contribution in [-0.2, 0) is 0 Å². The molecule has 0 aliphatic heterocycles. The standard InChI is InChI=1S/C12H10N4O/c13-16-12(17)11-10-7-3-1-2-4-8(7)15-9(10)5-6-14-11/h1-6,15H,13H2,(H,16,17). The van der Waals surface area contributed by atoms with Crippen molar-refractivity contribution in [3.63, 3.8) is 0 Å². The Hall–Kier alpha value is -2.40. The summed E-state index contributed by atoms with van der Waals surface area (Å²) in [5.41, 5.74) is 4.30. The van der Waals surface area contributed by atoms with E-state index in [2.05, 4.69) is 15.4 Å². The maximum atomic E-state index is 11.7. The molecule has 5 heteroatoms. The van der Waals surface area contributed by atoms with Crippen LogP contribution in [0.25, 0.3) is 21.8 Å². The lowest BCUT2D eigenvalue weighted by molar-refractivity contribution is 0.0950. The van der Waals surface area contributed by atoms with Gasteiger partial charge in [-0.15, -0.1) is 0 Å². The van der Waals surface area contributed by atoms with Crippen LogP contribution in [0, 0.1) is 0 Å². The van der Waals surface area contributed by atoms with Gasteiger partial charge in [-0.1, -0.05) is 18.2 Å². The molecule has 2 heterocycles. The summed E-state index contributed by atoms with van der Waals surface area (Å²) in [6.45, 7) is 0. The van der Waals surface area contributed by atoms with E-state index in [1.165, 1.54) is 0 Å². The second kappa shape index (κ2) is 3.57. The highest BCUT2D eigenvalue weighted by molar-refractivity contribution is 6.16. The summed E-state index contributed by atoms with van der Waals surface area (Å²) in [7, 11) is 0. The van der Waals surface area contributed by atoms with Crippen molar-refractivity contribution >= 4 is 27.7 Å². The highest BCUT2D eigenvalue weighted by Gasteiger charge is 2.14. The largest absolute Gasteiger partial charge is 0.354 e. The first-order valence-electron chi connectivity index (χ1n) is 5.17. The van der Waals surface area contributed by atoms with E-state index in [1.807, 2.05) is 30.3 Å². The molecule has 1 aromatic carbocycles. The fourth-order valence-corrected chi connectivity index (χ4v) is 2.03. The third kappa shape index (κ3) is 1.37. The third-order valence-corrected chi connectivity index (χ3v) is 2.76. The van der Waals surface area contributed by atoms with Gasteiger partial charge in [0.15, 0.2) is 0 Å². The first-order chi connectivity index (χ1) is 8.31. The molecule has 0 atom stereocenters. The molecule has 3 rings (SSSR count). The highest BCUT2D eigenvalue weighted by atomic mass is 16.2. The van der Waals surface area contributed by atoms with E-state index in [9.17, 15) is 4.79 Å². The fraction of sp³-hybridized carbons (Fsp3) is 0. The molecule has 0 radical (unpaired) electrons. The normalized spacial score (nSPS) is 10.9. The molecule has 2 aromatic heterocycles. The quantitative estimate of drug-likeness (QED) is 0.332. The Morgan fingerprint density at radius 2 is 2.06 bits per heavy atom. The third-order valence-electron chi connectivity index (χ3n) is 2.76. The number of nitrogens with zero attached hydrogens (tertiary/aromatic N) is 1. The molecule has 1 amide bonds. The summed E-state index contributed by atoms with van der Waals surface area (Å²) >= 11 is 0. The predicted molar refractivity (Wildman–Crippen MR) is 65.3 cm³/mol. The number of aromatic nitrogens is 2. The molecule has 0 aliphatic rings. The number of nitrogens with two attached hydrogens (primary N) is 1. The smallest absolute Gasteiger partial charge is 0.284 e. The van der Waals surface area contributed by atoms with Crippen molar-refractivity contribution in [2.75, 3.05) is 0 Å². The Balaban J connectivity index is 2.47. The number of pyridine rings is 1. The SMILES string of the molecule is NNC(=O)c1nccc2[nH]c3ccccc3c12. The van der Waals surface area contributed by atoms with E-state index >= 15 is 0 Å².